The lowest BCUT2D eigenvalue weighted by Crippen LogP contribution is -2.30. The number of anilines is 1. The van der Waals surface area contributed by atoms with Gasteiger partial charge in [0.25, 0.3) is 11.5 Å². The molecule has 4 heterocycles. The lowest BCUT2D eigenvalue weighted by molar-refractivity contribution is 0.0988. The van der Waals surface area contributed by atoms with Gasteiger partial charge >= 0.3 is 0 Å². The van der Waals surface area contributed by atoms with Crippen molar-refractivity contribution in [1.29, 1.82) is 0 Å². The first-order valence-corrected chi connectivity index (χ1v) is 11.9. The first kappa shape index (κ1) is 20.6. The smallest absolute Gasteiger partial charge is 0.274 e. The van der Waals surface area contributed by atoms with Gasteiger partial charge in [-0.3, -0.25) is 18.9 Å². The average Bonchev–Trinajstić information content (AvgIpc) is 3.51. The van der Waals surface area contributed by atoms with Gasteiger partial charge in [-0.2, -0.15) is 0 Å². The maximum absolute atomic E-state index is 13.5. The Kier molecular flexibility index (Phi) is 4.67. The zero-order valence-electron chi connectivity index (χ0n) is 18.0. The van der Waals surface area contributed by atoms with E-state index in [9.17, 15) is 14.7 Å². The van der Waals surface area contributed by atoms with Crippen LogP contribution in [0.15, 0.2) is 39.9 Å². The molecule has 0 radical (unpaired) electrons. The number of halogens is 1. The number of pyridine rings is 1. The van der Waals surface area contributed by atoms with Gasteiger partial charge in [-0.25, -0.2) is 9.97 Å². The standard InChI is InChI=1S/C24H22BrN5O3/c1-12-7-18-17(9-16(12)24(33)29-6-5-13-8-14(25)10-26-21(13)29)28-23(32)19-11-27-22(30(18)19)15-3-2-4-20(15)31/h7-11,15,20,31H,2-6H2,1H3,(H,28,32)/t15-,20-/m1/s1. The molecule has 6 rings (SSSR count). The van der Waals surface area contributed by atoms with Gasteiger partial charge in [0, 0.05) is 28.7 Å². The van der Waals surface area contributed by atoms with E-state index in [2.05, 4.69) is 30.9 Å². The first-order valence-electron chi connectivity index (χ1n) is 11.1. The van der Waals surface area contributed by atoms with E-state index in [1.54, 1.807) is 23.4 Å². The third-order valence-corrected chi connectivity index (χ3v) is 7.34. The Morgan fingerprint density at radius 2 is 2.03 bits per heavy atom. The van der Waals surface area contributed by atoms with E-state index in [-0.39, 0.29) is 17.4 Å². The summed E-state index contributed by atoms with van der Waals surface area (Å²) in [6.45, 7) is 2.46. The summed E-state index contributed by atoms with van der Waals surface area (Å²) in [7, 11) is 0. The van der Waals surface area contributed by atoms with Crippen LogP contribution in [0.5, 0.6) is 0 Å². The number of carbonyl (C=O) groups excluding carboxylic acids is 1. The molecule has 168 valence electrons. The summed E-state index contributed by atoms with van der Waals surface area (Å²) in [5, 5.41) is 10.5. The number of hydrogen-bond donors (Lipinski definition) is 2. The Morgan fingerprint density at radius 3 is 2.82 bits per heavy atom. The van der Waals surface area contributed by atoms with Crippen molar-refractivity contribution in [2.75, 3.05) is 11.4 Å². The van der Waals surface area contributed by atoms with Crippen molar-refractivity contribution in [2.24, 2.45) is 0 Å². The Morgan fingerprint density at radius 1 is 1.18 bits per heavy atom. The highest BCUT2D eigenvalue weighted by molar-refractivity contribution is 9.10. The fourth-order valence-electron chi connectivity index (χ4n) is 5.26. The van der Waals surface area contributed by atoms with E-state index < -0.39 is 6.10 Å². The maximum Gasteiger partial charge on any atom is 0.274 e. The molecule has 33 heavy (non-hydrogen) atoms. The quantitative estimate of drug-likeness (QED) is 0.432. The number of aryl methyl sites for hydroxylation is 1. The maximum atomic E-state index is 13.5. The Bertz CT molecular complexity index is 1510. The zero-order valence-corrected chi connectivity index (χ0v) is 19.6. The molecule has 1 aromatic carbocycles. The van der Waals surface area contributed by atoms with Crippen LogP contribution in [0.2, 0.25) is 0 Å². The number of nitrogens with one attached hydrogen (secondary N) is 1. The summed E-state index contributed by atoms with van der Waals surface area (Å²) in [6, 6.07) is 5.67. The first-order chi connectivity index (χ1) is 15.9. The number of imidazole rings is 1. The third kappa shape index (κ3) is 3.13. The highest BCUT2D eigenvalue weighted by atomic mass is 79.9. The summed E-state index contributed by atoms with van der Waals surface area (Å²) >= 11 is 3.44. The molecule has 8 nitrogen and oxygen atoms in total. The minimum atomic E-state index is -0.463. The van der Waals surface area contributed by atoms with Gasteiger partial charge in [-0.15, -0.1) is 0 Å². The molecule has 1 aliphatic heterocycles. The number of rotatable bonds is 2. The van der Waals surface area contributed by atoms with Crippen LogP contribution in [-0.4, -0.2) is 43.0 Å². The lowest BCUT2D eigenvalue weighted by Gasteiger charge is -2.19. The molecule has 2 N–H and O–H groups in total. The van der Waals surface area contributed by atoms with Crippen molar-refractivity contribution >= 4 is 44.2 Å². The van der Waals surface area contributed by atoms with Crippen molar-refractivity contribution in [1.82, 2.24) is 19.4 Å². The van der Waals surface area contributed by atoms with Gasteiger partial charge in [-0.05, 0) is 71.4 Å². The summed E-state index contributed by atoms with van der Waals surface area (Å²) in [4.78, 5) is 39.9. The third-order valence-electron chi connectivity index (χ3n) is 6.91. The van der Waals surface area contributed by atoms with Crippen molar-refractivity contribution in [3.05, 3.63) is 67.9 Å². The highest BCUT2D eigenvalue weighted by Crippen LogP contribution is 2.35. The summed E-state index contributed by atoms with van der Waals surface area (Å²) in [5.74, 6) is 1.14. The van der Waals surface area contributed by atoms with Crippen LogP contribution >= 0.6 is 15.9 Å². The number of aliphatic hydroxyl groups excluding tert-OH is 1. The number of carbonyl (C=O) groups is 1. The number of nitrogens with zero attached hydrogens (tertiary/aromatic N) is 4. The number of aliphatic hydroxyl groups is 1. The van der Waals surface area contributed by atoms with E-state index in [0.717, 1.165) is 46.8 Å². The molecule has 1 saturated carbocycles. The van der Waals surface area contributed by atoms with Crippen molar-refractivity contribution < 1.29 is 9.90 Å². The Hall–Kier alpha value is -3.04. The molecule has 2 atom stereocenters. The Labute approximate surface area is 197 Å². The number of benzene rings is 1. The molecular weight excluding hydrogens is 486 g/mol. The van der Waals surface area contributed by atoms with Crippen LogP contribution < -0.4 is 10.5 Å². The molecule has 0 bridgehead atoms. The van der Waals surface area contributed by atoms with Crippen molar-refractivity contribution in [3.63, 3.8) is 0 Å². The number of amides is 1. The van der Waals surface area contributed by atoms with Gasteiger partial charge in [0.2, 0.25) is 0 Å². The summed E-state index contributed by atoms with van der Waals surface area (Å²) in [6.07, 6.45) is 6.06. The van der Waals surface area contributed by atoms with E-state index >= 15 is 0 Å². The van der Waals surface area contributed by atoms with E-state index in [1.165, 1.54) is 0 Å². The van der Waals surface area contributed by atoms with Crippen LogP contribution in [0.1, 0.15) is 52.5 Å². The second-order valence-corrected chi connectivity index (χ2v) is 9.84. The van der Waals surface area contributed by atoms with Gasteiger partial charge in [0.05, 0.1) is 23.3 Å². The molecule has 0 unspecified atom stereocenters. The number of hydrogen-bond acceptors (Lipinski definition) is 5. The van der Waals surface area contributed by atoms with Gasteiger partial charge in [0.15, 0.2) is 0 Å². The monoisotopic (exact) mass is 507 g/mol. The second-order valence-electron chi connectivity index (χ2n) is 8.92. The summed E-state index contributed by atoms with van der Waals surface area (Å²) < 4.78 is 2.74. The molecule has 4 aromatic rings. The highest BCUT2D eigenvalue weighted by Gasteiger charge is 2.32. The Balaban J connectivity index is 1.49. The molecule has 9 heteroatoms. The number of aromatic amines is 1. The minimum absolute atomic E-state index is 0.106. The number of H-pyrrole nitrogens is 1. The normalized spacial score (nSPS) is 20.2. The van der Waals surface area contributed by atoms with Gasteiger partial charge in [0.1, 0.15) is 17.2 Å². The molecule has 2 aliphatic rings. The number of aromatic nitrogens is 4. The molecule has 0 saturated heterocycles. The van der Waals surface area contributed by atoms with Crippen LogP contribution in [0.4, 0.5) is 5.82 Å². The predicted octanol–water partition coefficient (Wildman–Crippen LogP) is 3.47. The van der Waals surface area contributed by atoms with Crippen LogP contribution in [0, 0.1) is 6.92 Å². The summed E-state index contributed by atoms with van der Waals surface area (Å²) in [5.41, 5.74) is 3.87. The van der Waals surface area contributed by atoms with Gasteiger partial charge in [-0.1, -0.05) is 6.42 Å². The fraction of sp³-hybridized carbons (Fsp3) is 0.333. The molecule has 1 fully saturated rings. The fourth-order valence-corrected chi connectivity index (χ4v) is 5.64. The largest absolute Gasteiger partial charge is 0.392 e. The second kappa shape index (κ2) is 7.50. The van der Waals surface area contributed by atoms with E-state index in [1.807, 2.05) is 23.5 Å². The van der Waals surface area contributed by atoms with Crippen molar-refractivity contribution in [3.8, 4) is 0 Å². The molecule has 3 aromatic heterocycles. The minimum Gasteiger partial charge on any atom is -0.392 e. The van der Waals surface area contributed by atoms with Crippen molar-refractivity contribution in [2.45, 2.75) is 44.6 Å². The average molecular weight is 508 g/mol. The topological polar surface area (TPSA) is 104 Å². The van der Waals surface area contributed by atoms with E-state index in [4.69, 9.17) is 0 Å². The van der Waals surface area contributed by atoms with E-state index in [0.29, 0.717) is 34.8 Å². The molecule has 0 spiro atoms. The predicted molar refractivity (Wildman–Crippen MR) is 128 cm³/mol. The molecule has 1 aliphatic carbocycles. The molecular formula is C24H22BrN5O3. The SMILES string of the molecule is Cc1cc2c(cc1C(=O)N1CCc3cc(Br)cnc31)[nH]c(=O)c1cnc([C@@H]3CCC[C@H]3O)n12. The van der Waals surface area contributed by atoms with Crippen LogP contribution in [-0.2, 0) is 6.42 Å². The van der Waals surface area contributed by atoms with Crippen LogP contribution in [0.25, 0.3) is 16.6 Å². The van der Waals surface area contributed by atoms with Gasteiger partial charge < -0.3 is 10.1 Å². The molecule has 1 amide bonds. The lowest BCUT2D eigenvalue weighted by atomic mass is 10.0. The van der Waals surface area contributed by atoms with Crippen LogP contribution in [0.3, 0.4) is 0 Å². The zero-order chi connectivity index (χ0) is 22.9. The number of fused-ring (bicyclic) bond motifs is 4.